The number of hydrogen-bond donors (Lipinski definition) is 2. The van der Waals surface area contributed by atoms with E-state index in [0.29, 0.717) is 33.8 Å². The molecule has 2 aromatic heterocycles. The number of aryl methyl sites for hydroxylation is 1. The molecule has 0 aliphatic carbocycles. The van der Waals surface area contributed by atoms with Gasteiger partial charge in [-0.1, -0.05) is 6.07 Å². The molecule has 2 bridgehead atoms. The fraction of sp³-hybridized carbons (Fsp3) is 0.389. The van der Waals surface area contributed by atoms with Gasteiger partial charge in [0.1, 0.15) is 5.52 Å². The van der Waals surface area contributed by atoms with Crippen molar-refractivity contribution in [1.82, 2.24) is 9.55 Å². The topological polar surface area (TPSA) is 80.7 Å². The maximum Gasteiger partial charge on any atom is 0.205 e. The Morgan fingerprint density at radius 2 is 1.71 bits per heavy atom. The summed E-state index contributed by atoms with van der Waals surface area (Å²) in [5.41, 5.74) is 2.07. The van der Waals surface area contributed by atoms with Crippen LogP contribution >= 0.6 is 0 Å². The quantitative estimate of drug-likeness (QED) is 0.714. The van der Waals surface area contributed by atoms with E-state index >= 15 is 0 Å². The first kappa shape index (κ1) is 13.9. The minimum Gasteiger partial charge on any atom is -0.494 e. The molecule has 0 unspecified atom stereocenters. The van der Waals surface area contributed by atoms with E-state index in [1.807, 2.05) is 32.0 Å². The van der Waals surface area contributed by atoms with Crippen molar-refractivity contribution in [2.75, 3.05) is 0 Å². The molecular formula is C18H18N2O4. The molecule has 3 aromatic rings. The van der Waals surface area contributed by atoms with Gasteiger partial charge in [-0.15, -0.1) is 0 Å². The standard InChI is InChI=1S/C18H18N2O4/c1-9-19-14-10(5-4-6-11(14)23-9)20-15(21)12-13(16(20)22)18(3)8-7-17(12,2)24-18/h4-6,21-22H,7-8H2,1-3H3/t17-,18+. The van der Waals surface area contributed by atoms with Gasteiger partial charge in [0.15, 0.2) is 11.5 Å². The fourth-order valence-corrected chi connectivity index (χ4v) is 4.43. The summed E-state index contributed by atoms with van der Waals surface area (Å²) in [5, 5.41) is 21.8. The summed E-state index contributed by atoms with van der Waals surface area (Å²) in [5.74, 6) is 0.571. The summed E-state index contributed by atoms with van der Waals surface area (Å²) in [4.78, 5) is 4.40. The highest BCUT2D eigenvalue weighted by Crippen LogP contribution is 2.64. The predicted octanol–water partition coefficient (Wildman–Crippen LogP) is 3.59. The monoisotopic (exact) mass is 326 g/mol. The zero-order valence-corrected chi connectivity index (χ0v) is 13.8. The minimum atomic E-state index is -0.565. The molecule has 1 aromatic carbocycles. The lowest BCUT2D eigenvalue weighted by molar-refractivity contribution is -0.0683. The van der Waals surface area contributed by atoms with Crippen molar-refractivity contribution >= 4 is 11.1 Å². The Balaban J connectivity index is 1.86. The maximum absolute atomic E-state index is 10.9. The van der Waals surface area contributed by atoms with Gasteiger partial charge in [0.25, 0.3) is 0 Å². The second-order valence-corrected chi connectivity index (χ2v) is 7.15. The van der Waals surface area contributed by atoms with Gasteiger partial charge in [0.05, 0.1) is 28.0 Å². The van der Waals surface area contributed by atoms with Crippen LogP contribution in [0.4, 0.5) is 0 Å². The van der Waals surface area contributed by atoms with E-state index in [1.54, 1.807) is 6.92 Å². The third kappa shape index (κ3) is 1.43. The first-order chi connectivity index (χ1) is 11.3. The summed E-state index contributed by atoms with van der Waals surface area (Å²) in [6.45, 7) is 5.71. The molecule has 6 heteroatoms. The Morgan fingerprint density at radius 3 is 2.33 bits per heavy atom. The first-order valence-electron chi connectivity index (χ1n) is 8.08. The van der Waals surface area contributed by atoms with Crippen LogP contribution in [0.2, 0.25) is 0 Å². The van der Waals surface area contributed by atoms with Crippen LogP contribution in [-0.4, -0.2) is 19.8 Å². The summed E-state index contributed by atoms with van der Waals surface area (Å²) in [6, 6.07) is 5.45. The van der Waals surface area contributed by atoms with E-state index < -0.39 is 11.2 Å². The third-order valence-electron chi connectivity index (χ3n) is 5.45. The fourth-order valence-electron chi connectivity index (χ4n) is 4.43. The number of ether oxygens (including phenoxy) is 1. The Hall–Kier alpha value is -2.47. The van der Waals surface area contributed by atoms with E-state index in [0.717, 1.165) is 12.8 Å². The van der Waals surface area contributed by atoms with Crippen LogP contribution in [0.5, 0.6) is 11.8 Å². The molecule has 0 spiro atoms. The number of benzene rings is 1. The van der Waals surface area contributed by atoms with Crippen LogP contribution in [0.25, 0.3) is 16.8 Å². The van der Waals surface area contributed by atoms with Crippen molar-refractivity contribution in [3.05, 3.63) is 35.2 Å². The van der Waals surface area contributed by atoms with Gasteiger partial charge < -0.3 is 19.4 Å². The van der Waals surface area contributed by atoms with Gasteiger partial charge >= 0.3 is 0 Å². The average Bonchev–Trinajstić information content (AvgIpc) is 3.17. The largest absolute Gasteiger partial charge is 0.494 e. The average molecular weight is 326 g/mol. The predicted molar refractivity (Wildman–Crippen MR) is 86.4 cm³/mol. The smallest absolute Gasteiger partial charge is 0.205 e. The highest BCUT2D eigenvalue weighted by atomic mass is 16.5. The van der Waals surface area contributed by atoms with Crippen LogP contribution in [0.1, 0.15) is 43.7 Å². The summed E-state index contributed by atoms with van der Waals surface area (Å²) in [7, 11) is 0. The normalized spacial score (nSPS) is 28.0. The number of fused-ring (bicyclic) bond motifs is 6. The van der Waals surface area contributed by atoms with Crippen LogP contribution in [-0.2, 0) is 15.9 Å². The number of aromatic nitrogens is 2. The molecule has 2 aliphatic heterocycles. The lowest BCUT2D eigenvalue weighted by Crippen LogP contribution is -2.17. The second-order valence-electron chi connectivity index (χ2n) is 7.15. The number of aromatic hydroxyl groups is 2. The SMILES string of the molecule is Cc1nc2c(-n3c(O)c4c(c3O)[C@]3(C)CC[C@@]4(C)O3)cccc2o1. The summed E-state index contributed by atoms with van der Waals surface area (Å²) >= 11 is 0. The summed E-state index contributed by atoms with van der Waals surface area (Å²) in [6.07, 6.45) is 1.64. The number of oxazole rings is 1. The maximum atomic E-state index is 10.9. The van der Waals surface area contributed by atoms with Crippen LogP contribution in [0.3, 0.4) is 0 Å². The van der Waals surface area contributed by atoms with E-state index in [4.69, 9.17) is 9.15 Å². The Labute approximate surface area is 138 Å². The highest BCUT2D eigenvalue weighted by molar-refractivity contribution is 5.83. The molecule has 6 nitrogen and oxygen atoms in total. The van der Waals surface area contributed by atoms with Crippen molar-refractivity contribution in [3.8, 4) is 17.4 Å². The molecule has 4 heterocycles. The number of hydrogen-bond acceptors (Lipinski definition) is 5. The van der Waals surface area contributed by atoms with Gasteiger partial charge in [-0.25, -0.2) is 9.55 Å². The Morgan fingerprint density at radius 1 is 1.08 bits per heavy atom. The van der Waals surface area contributed by atoms with E-state index in [1.165, 1.54) is 4.57 Å². The molecule has 2 atom stereocenters. The first-order valence-corrected chi connectivity index (χ1v) is 8.08. The lowest BCUT2D eigenvalue weighted by atomic mass is 9.80. The molecule has 1 fully saturated rings. The minimum absolute atomic E-state index is 0.0154. The van der Waals surface area contributed by atoms with E-state index in [-0.39, 0.29) is 11.8 Å². The van der Waals surface area contributed by atoms with Gasteiger partial charge in [-0.3, -0.25) is 0 Å². The molecule has 0 radical (unpaired) electrons. The van der Waals surface area contributed by atoms with Crippen molar-refractivity contribution in [2.24, 2.45) is 0 Å². The van der Waals surface area contributed by atoms with Crippen molar-refractivity contribution < 1.29 is 19.4 Å². The van der Waals surface area contributed by atoms with Crippen LogP contribution in [0.15, 0.2) is 22.6 Å². The van der Waals surface area contributed by atoms with E-state index in [9.17, 15) is 10.2 Å². The van der Waals surface area contributed by atoms with E-state index in [2.05, 4.69) is 4.98 Å². The molecule has 1 saturated heterocycles. The third-order valence-corrected chi connectivity index (χ3v) is 5.45. The van der Waals surface area contributed by atoms with Crippen molar-refractivity contribution in [2.45, 2.75) is 44.8 Å². The lowest BCUT2D eigenvalue weighted by Gasteiger charge is -2.21. The zero-order valence-electron chi connectivity index (χ0n) is 13.8. The number of rotatable bonds is 1. The van der Waals surface area contributed by atoms with Gasteiger partial charge in [-0.05, 0) is 38.8 Å². The van der Waals surface area contributed by atoms with Gasteiger partial charge in [0, 0.05) is 6.92 Å². The molecule has 2 N–H and O–H groups in total. The second kappa shape index (κ2) is 3.95. The zero-order chi connectivity index (χ0) is 16.9. The van der Waals surface area contributed by atoms with Crippen LogP contribution < -0.4 is 0 Å². The Kier molecular flexibility index (Phi) is 2.29. The molecular weight excluding hydrogens is 308 g/mol. The summed E-state index contributed by atoms with van der Waals surface area (Å²) < 4.78 is 13.2. The van der Waals surface area contributed by atoms with Gasteiger partial charge in [-0.2, -0.15) is 0 Å². The number of nitrogens with zero attached hydrogens (tertiary/aromatic N) is 2. The Bertz CT molecular complexity index is 978. The molecule has 2 aliphatic rings. The molecule has 124 valence electrons. The van der Waals surface area contributed by atoms with Gasteiger partial charge in [0.2, 0.25) is 11.8 Å². The molecule has 0 saturated carbocycles. The molecule has 0 amide bonds. The molecule has 24 heavy (non-hydrogen) atoms. The molecule has 5 rings (SSSR count). The van der Waals surface area contributed by atoms with Crippen molar-refractivity contribution in [3.63, 3.8) is 0 Å². The van der Waals surface area contributed by atoms with Crippen LogP contribution in [0, 0.1) is 6.92 Å². The van der Waals surface area contributed by atoms with Crippen molar-refractivity contribution in [1.29, 1.82) is 0 Å². The number of para-hydroxylation sites is 1. The highest BCUT2D eigenvalue weighted by Gasteiger charge is 2.59.